The van der Waals surface area contributed by atoms with Crippen LogP contribution >= 0.6 is 35.0 Å². The van der Waals surface area contributed by atoms with Gasteiger partial charge in [-0.15, -0.1) is 11.8 Å². The van der Waals surface area contributed by atoms with Gasteiger partial charge in [-0.05, 0) is 12.1 Å². The molecular weight excluding hydrogens is 449 g/mol. The predicted octanol–water partition coefficient (Wildman–Crippen LogP) is 3.57. The molecule has 0 saturated heterocycles. The quantitative estimate of drug-likeness (QED) is 0.384. The zero-order valence-corrected chi connectivity index (χ0v) is 17.1. The molecule has 1 heterocycles. The normalized spacial score (nSPS) is 12.5. The molecular formula is C18H14Cl2F2N2O4S. The molecule has 6 nitrogen and oxygen atoms in total. The van der Waals surface area contributed by atoms with Crippen molar-refractivity contribution in [1.82, 2.24) is 9.97 Å². The number of rotatable bonds is 6. The van der Waals surface area contributed by atoms with Crippen molar-refractivity contribution < 1.29 is 18.6 Å². The Morgan fingerprint density at radius 1 is 1.14 bits per heavy atom. The first-order valence-electron chi connectivity index (χ1n) is 8.17. The van der Waals surface area contributed by atoms with Crippen molar-refractivity contribution in [3.8, 4) is 11.1 Å². The topological polar surface area (TPSA) is 95.2 Å². The van der Waals surface area contributed by atoms with E-state index >= 15 is 0 Å². The molecule has 1 unspecified atom stereocenters. The fourth-order valence-electron chi connectivity index (χ4n) is 2.73. The van der Waals surface area contributed by atoms with E-state index < -0.39 is 29.0 Å². The number of hydrogen-bond acceptors (Lipinski definition) is 5. The average Bonchev–Trinajstić information content (AvgIpc) is 2.66. The summed E-state index contributed by atoms with van der Waals surface area (Å²) in [4.78, 5) is 28.9. The molecule has 3 aromatic rings. The summed E-state index contributed by atoms with van der Waals surface area (Å²) in [5.74, 6) is -1.67. The number of aromatic nitrogens is 2. The van der Waals surface area contributed by atoms with Gasteiger partial charge in [-0.25, -0.2) is 13.6 Å². The molecule has 0 radical (unpaired) electrons. The first-order valence-corrected chi connectivity index (χ1v) is 9.91. The van der Waals surface area contributed by atoms with E-state index in [1.54, 1.807) is 0 Å². The molecule has 1 aromatic heterocycles. The van der Waals surface area contributed by atoms with Gasteiger partial charge in [-0.2, -0.15) is 0 Å². The van der Waals surface area contributed by atoms with Crippen molar-refractivity contribution in [1.29, 1.82) is 0 Å². The average molecular weight is 463 g/mol. The lowest BCUT2D eigenvalue weighted by Crippen LogP contribution is -2.23. The van der Waals surface area contributed by atoms with E-state index in [1.807, 2.05) is 0 Å². The predicted molar refractivity (Wildman–Crippen MR) is 109 cm³/mol. The number of aromatic amines is 2. The molecule has 0 aliphatic carbocycles. The Morgan fingerprint density at radius 3 is 2.52 bits per heavy atom. The van der Waals surface area contributed by atoms with Gasteiger partial charge in [-0.1, -0.05) is 23.2 Å². The molecule has 3 N–H and O–H groups in total. The minimum absolute atomic E-state index is 0.00270. The van der Waals surface area contributed by atoms with Crippen LogP contribution in [0.4, 0.5) is 8.78 Å². The van der Waals surface area contributed by atoms with Gasteiger partial charge in [0.25, 0.3) is 5.56 Å². The van der Waals surface area contributed by atoms with Crippen LogP contribution in [0.25, 0.3) is 22.0 Å². The second-order valence-electron chi connectivity index (χ2n) is 5.99. The lowest BCUT2D eigenvalue weighted by atomic mass is 10.0. The van der Waals surface area contributed by atoms with Crippen LogP contribution in [0.5, 0.6) is 0 Å². The summed E-state index contributed by atoms with van der Waals surface area (Å²) >= 11 is 13.3. The molecule has 29 heavy (non-hydrogen) atoms. The highest BCUT2D eigenvalue weighted by molar-refractivity contribution is 7.99. The zero-order chi connectivity index (χ0) is 21.3. The summed E-state index contributed by atoms with van der Waals surface area (Å²) in [6.45, 7) is -0.287. The van der Waals surface area contributed by atoms with Crippen molar-refractivity contribution >= 4 is 45.9 Å². The Balaban J connectivity index is 2.35. The summed E-state index contributed by atoms with van der Waals surface area (Å²) in [6, 6.07) is 2.98. The van der Waals surface area contributed by atoms with Gasteiger partial charge in [0.1, 0.15) is 11.6 Å². The molecule has 0 saturated carbocycles. The highest BCUT2D eigenvalue weighted by Crippen LogP contribution is 2.43. The van der Waals surface area contributed by atoms with Crippen molar-refractivity contribution in [2.75, 3.05) is 19.5 Å². The number of ether oxygens (including phenoxy) is 1. The molecule has 3 rings (SSSR count). The number of nitrogens with one attached hydrogen (secondary N) is 2. The number of thioether (sulfide) groups is 1. The SMILES string of the molecule is COC(CO)CSc1c(-c2cc(Cl)c(F)cc2F)c(Cl)cc2c(=O)[nH]c(=O)[nH]c12. The second kappa shape index (κ2) is 8.85. The molecule has 154 valence electrons. The highest BCUT2D eigenvalue weighted by Gasteiger charge is 2.22. The van der Waals surface area contributed by atoms with Gasteiger partial charge in [0, 0.05) is 35.0 Å². The maximum atomic E-state index is 14.6. The van der Waals surface area contributed by atoms with Crippen LogP contribution in [0.1, 0.15) is 0 Å². The number of fused-ring (bicyclic) bond motifs is 1. The van der Waals surface area contributed by atoms with E-state index in [2.05, 4.69) is 9.97 Å². The highest BCUT2D eigenvalue weighted by atomic mass is 35.5. The molecule has 1 atom stereocenters. The maximum absolute atomic E-state index is 14.6. The largest absolute Gasteiger partial charge is 0.394 e. The lowest BCUT2D eigenvalue weighted by molar-refractivity contribution is 0.0656. The fourth-order valence-corrected chi connectivity index (χ4v) is 4.51. The van der Waals surface area contributed by atoms with Crippen molar-refractivity contribution in [2.24, 2.45) is 0 Å². The van der Waals surface area contributed by atoms with E-state index in [-0.39, 0.29) is 49.3 Å². The fraction of sp³-hybridized carbons (Fsp3) is 0.222. The Morgan fingerprint density at radius 2 is 1.86 bits per heavy atom. The van der Waals surface area contributed by atoms with Crippen molar-refractivity contribution in [3.05, 3.63) is 60.7 Å². The number of halogens is 4. The monoisotopic (exact) mass is 462 g/mol. The van der Waals surface area contributed by atoms with E-state index in [0.717, 1.165) is 17.8 Å². The van der Waals surface area contributed by atoms with Crippen LogP contribution in [-0.4, -0.2) is 40.6 Å². The van der Waals surface area contributed by atoms with Crippen LogP contribution in [0.15, 0.2) is 32.7 Å². The number of aliphatic hydroxyl groups is 1. The Bertz CT molecular complexity index is 1200. The molecule has 0 bridgehead atoms. The van der Waals surface area contributed by atoms with E-state index in [9.17, 15) is 23.5 Å². The van der Waals surface area contributed by atoms with E-state index in [0.29, 0.717) is 6.07 Å². The maximum Gasteiger partial charge on any atom is 0.326 e. The number of aliphatic hydroxyl groups excluding tert-OH is 1. The van der Waals surface area contributed by atoms with Gasteiger partial charge in [0.2, 0.25) is 0 Å². The van der Waals surface area contributed by atoms with Crippen molar-refractivity contribution in [3.63, 3.8) is 0 Å². The Labute approximate surface area is 176 Å². The van der Waals surface area contributed by atoms with Crippen LogP contribution in [0.3, 0.4) is 0 Å². The molecule has 2 aromatic carbocycles. The third kappa shape index (κ3) is 4.34. The standard InChI is InChI=1S/C18H14Cl2F2N2O4S/c1-28-7(5-25)6-29-16-14(8-2-10(19)13(22)4-12(8)21)11(20)3-9-15(16)23-18(27)24-17(9)26/h2-4,7,25H,5-6H2,1H3,(H2,23,24,26,27). The Hall–Kier alpha value is -1.91. The first kappa shape index (κ1) is 21.8. The molecule has 0 aliphatic rings. The summed E-state index contributed by atoms with van der Waals surface area (Å²) in [5.41, 5.74) is -1.30. The molecule has 0 aliphatic heterocycles. The smallest absolute Gasteiger partial charge is 0.326 e. The summed E-state index contributed by atoms with van der Waals surface area (Å²) in [6.07, 6.45) is -0.572. The Kier molecular flexibility index (Phi) is 6.65. The molecule has 0 spiro atoms. The van der Waals surface area contributed by atoms with Crippen LogP contribution in [-0.2, 0) is 4.74 Å². The molecule has 11 heteroatoms. The van der Waals surface area contributed by atoms with Crippen molar-refractivity contribution in [2.45, 2.75) is 11.0 Å². The molecule has 0 amide bonds. The van der Waals surface area contributed by atoms with Crippen LogP contribution in [0.2, 0.25) is 10.0 Å². The minimum Gasteiger partial charge on any atom is -0.394 e. The third-order valence-corrected chi connectivity index (χ3v) is 6.00. The minimum atomic E-state index is -0.941. The van der Waals surface area contributed by atoms with Gasteiger partial charge in [-0.3, -0.25) is 9.78 Å². The van der Waals surface area contributed by atoms with E-state index in [1.165, 1.54) is 13.2 Å². The number of benzene rings is 2. The van der Waals surface area contributed by atoms with Gasteiger partial charge in [0.05, 0.1) is 33.7 Å². The third-order valence-electron chi connectivity index (χ3n) is 4.17. The van der Waals surface area contributed by atoms with Gasteiger partial charge in [0.15, 0.2) is 0 Å². The number of hydrogen-bond donors (Lipinski definition) is 3. The first-order chi connectivity index (χ1) is 13.8. The zero-order valence-electron chi connectivity index (χ0n) is 14.8. The van der Waals surface area contributed by atoms with Gasteiger partial charge < -0.3 is 14.8 Å². The van der Waals surface area contributed by atoms with Crippen LogP contribution in [0, 0.1) is 11.6 Å². The lowest BCUT2D eigenvalue weighted by Gasteiger charge is -2.17. The summed E-state index contributed by atoms with van der Waals surface area (Å²) in [5, 5.41) is 9.11. The number of methoxy groups -OCH3 is 1. The molecule has 0 fully saturated rings. The summed E-state index contributed by atoms with van der Waals surface area (Å²) < 4.78 is 33.4. The summed E-state index contributed by atoms with van der Waals surface area (Å²) in [7, 11) is 1.41. The van der Waals surface area contributed by atoms with E-state index in [4.69, 9.17) is 27.9 Å². The second-order valence-corrected chi connectivity index (χ2v) is 7.84. The van der Waals surface area contributed by atoms with Gasteiger partial charge >= 0.3 is 5.69 Å². The number of H-pyrrole nitrogens is 2. The van der Waals surface area contributed by atoms with Crippen LogP contribution < -0.4 is 11.2 Å².